The van der Waals surface area contributed by atoms with Gasteiger partial charge in [0.15, 0.2) is 0 Å². The van der Waals surface area contributed by atoms with Crippen molar-refractivity contribution < 1.29 is 9.13 Å². The molecule has 0 heterocycles. The summed E-state index contributed by atoms with van der Waals surface area (Å²) in [6.45, 7) is 3.37. The normalized spacial score (nSPS) is 32.9. The molecule has 3 heteroatoms. The number of nitrogens with one attached hydrogen (secondary N) is 1. The zero-order valence-corrected chi connectivity index (χ0v) is 17.6. The quantitative estimate of drug-likeness (QED) is 0.704. The van der Waals surface area contributed by atoms with Crippen molar-refractivity contribution in [3.05, 3.63) is 65.0 Å². The SMILES string of the molecule is COc1ccc2c(c1)CC[C@@H]1[C@@H]2CC[C@]2(C)[C@@H](NCc3ccc(F)cc3)CC[C@@H]12. The Bertz CT molecular complexity index is 879. The molecule has 3 aliphatic carbocycles. The van der Waals surface area contributed by atoms with Crippen molar-refractivity contribution >= 4 is 0 Å². The zero-order valence-electron chi connectivity index (χ0n) is 17.6. The van der Waals surface area contributed by atoms with E-state index in [2.05, 4.69) is 30.4 Å². The van der Waals surface area contributed by atoms with Crippen molar-refractivity contribution in [2.24, 2.45) is 17.3 Å². The number of rotatable bonds is 4. The fraction of sp³-hybridized carbons (Fsp3) is 0.538. The molecular formula is C26H32FNO. The first-order valence-electron chi connectivity index (χ1n) is 11.2. The Balaban J connectivity index is 1.32. The lowest BCUT2D eigenvalue weighted by atomic mass is 9.55. The smallest absolute Gasteiger partial charge is 0.123 e. The molecule has 0 amide bonds. The van der Waals surface area contributed by atoms with Crippen LogP contribution < -0.4 is 10.1 Å². The van der Waals surface area contributed by atoms with Crippen molar-refractivity contribution in [1.82, 2.24) is 5.32 Å². The molecule has 154 valence electrons. The van der Waals surface area contributed by atoms with Gasteiger partial charge in [-0.15, -0.1) is 0 Å². The maximum Gasteiger partial charge on any atom is 0.123 e. The molecular weight excluding hydrogens is 361 g/mol. The van der Waals surface area contributed by atoms with Gasteiger partial charge in [0.2, 0.25) is 0 Å². The second-order valence-corrected chi connectivity index (χ2v) is 9.66. The van der Waals surface area contributed by atoms with Gasteiger partial charge in [-0.3, -0.25) is 0 Å². The summed E-state index contributed by atoms with van der Waals surface area (Å²) in [5.74, 6) is 3.18. The van der Waals surface area contributed by atoms with E-state index in [4.69, 9.17) is 4.74 Å². The number of benzene rings is 2. The minimum absolute atomic E-state index is 0.157. The van der Waals surface area contributed by atoms with Gasteiger partial charge in [0.05, 0.1) is 7.11 Å². The molecule has 5 rings (SSSR count). The largest absolute Gasteiger partial charge is 0.497 e. The summed E-state index contributed by atoms with van der Waals surface area (Å²) in [6, 6.07) is 14.3. The Kier molecular flexibility index (Phi) is 4.90. The molecule has 3 aliphatic rings. The minimum Gasteiger partial charge on any atom is -0.497 e. The average Bonchev–Trinajstić information content (AvgIpc) is 3.09. The van der Waals surface area contributed by atoms with Crippen molar-refractivity contribution in [3.8, 4) is 5.75 Å². The van der Waals surface area contributed by atoms with Gasteiger partial charge in [-0.05, 0) is 103 Å². The third-order valence-corrected chi connectivity index (χ3v) is 8.40. The lowest BCUT2D eigenvalue weighted by Gasteiger charge is -2.51. The fourth-order valence-corrected chi connectivity index (χ4v) is 6.86. The Morgan fingerprint density at radius 3 is 2.69 bits per heavy atom. The molecule has 0 saturated heterocycles. The van der Waals surface area contributed by atoms with Crippen LogP contribution in [0.25, 0.3) is 0 Å². The van der Waals surface area contributed by atoms with Gasteiger partial charge in [-0.1, -0.05) is 25.1 Å². The van der Waals surface area contributed by atoms with Gasteiger partial charge in [-0.2, -0.15) is 0 Å². The van der Waals surface area contributed by atoms with E-state index < -0.39 is 0 Å². The molecule has 0 spiro atoms. The minimum atomic E-state index is -0.157. The van der Waals surface area contributed by atoms with Crippen LogP contribution in [0.2, 0.25) is 0 Å². The summed E-state index contributed by atoms with van der Waals surface area (Å²) in [7, 11) is 1.76. The zero-order chi connectivity index (χ0) is 20.0. The maximum absolute atomic E-state index is 13.2. The van der Waals surface area contributed by atoms with Crippen molar-refractivity contribution in [1.29, 1.82) is 0 Å². The molecule has 5 atom stereocenters. The van der Waals surface area contributed by atoms with E-state index in [1.807, 2.05) is 12.1 Å². The highest BCUT2D eigenvalue weighted by Crippen LogP contribution is 2.61. The van der Waals surface area contributed by atoms with Gasteiger partial charge < -0.3 is 10.1 Å². The molecule has 29 heavy (non-hydrogen) atoms. The standard InChI is InChI=1S/C26H32FNO/c1-26-14-13-22-21-10-8-20(29-2)15-18(21)5-9-23(22)24(26)11-12-25(26)28-16-17-3-6-19(27)7-4-17/h3-4,6-8,10,15,22-25,28H,5,9,11-14,16H2,1-2H3/t22-,23-,24+,25+,26+/m1/s1. The predicted octanol–water partition coefficient (Wildman–Crippen LogP) is 5.85. The molecule has 2 fully saturated rings. The molecule has 0 bridgehead atoms. The van der Waals surface area contributed by atoms with Crippen LogP contribution in [0.4, 0.5) is 4.39 Å². The van der Waals surface area contributed by atoms with E-state index in [9.17, 15) is 4.39 Å². The highest BCUT2D eigenvalue weighted by molar-refractivity contribution is 5.40. The topological polar surface area (TPSA) is 21.3 Å². The summed E-state index contributed by atoms with van der Waals surface area (Å²) in [5, 5.41) is 3.85. The van der Waals surface area contributed by atoms with Crippen molar-refractivity contribution in [2.45, 2.75) is 64.0 Å². The summed E-state index contributed by atoms with van der Waals surface area (Å²) in [4.78, 5) is 0. The third-order valence-electron chi connectivity index (χ3n) is 8.40. The van der Waals surface area contributed by atoms with E-state index in [1.165, 1.54) is 49.7 Å². The second-order valence-electron chi connectivity index (χ2n) is 9.66. The fourth-order valence-electron chi connectivity index (χ4n) is 6.86. The Morgan fingerprint density at radius 1 is 1.07 bits per heavy atom. The first kappa shape index (κ1) is 19.1. The number of methoxy groups -OCH3 is 1. The molecule has 2 aromatic carbocycles. The van der Waals surface area contributed by atoms with E-state index >= 15 is 0 Å². The number of fused-ring (bicyclic) bond motifs is 5. The van der Waals surface area contributed by atoms with Gasteiger partial charge in [0.1, 0.15) is 11.6 Å². The van der Waals surface area contributed by atoms with Crippen LogP contribution in [0.3, 0.4) is 0 Å². The summed E-state index contributed by atoms with van der Waals surface area (Å²) < 4.78 is 18.6. The first-order valence-corrected chi connectivity index (χ1v) is 11.2. The molecule has 0 aliphatic heterocycles. The molecule has 0 aromatic heterocycles. The van der Waals surface area contributed by atoms with E-state index in [1.54, 1.807) is 24.8 Å². The predicted molar refractivity (Wildman–Crippen MR) is 115 cm³/mol. The van der Waals surface area contributed by atoms with Crippen LogP contribution >= 0.6 is 0 Å². The van der Waals surface area contributed by atoms with Gasteiger partial charge in [0, 0.05) is 12.6 Å². The van der Waals surface area contributed by atoms with Crippen LogP contribution in [0.15, 0.2) is 42.5 Å². The van der Waals surface area contributed by atoms with Gasteiger partial charge in [-0.25, -0.2) is 4.39 Å². The van der Waals surface area contributed by atoms with Gasteiger partial charge in [0.25, 0.3) is 0 Å². The summed E-state index contributed by atoms with van der Waals surface area (Å²) in [6.07, 6.45) is 7.70. The number of hydrogen-bond acceptors (Lipinski definition) is 2. The highest BCUT2D eigenvalue weighted by atomic mass is 19.1. The number of hydrogen-bond donors (Lipinski definition) is 1. The molecule has 2 aromatic rings. The van der Waals surface area contributed by atoms with Crippen LogP contribution in [0.5, 0.6) is 5.75 Å². The molecule has 2 saturated carbocycles. The number of ether oxygens (including phenoxy) is 1. The first-order chi connectivity index (χ1) is 14.1. The van der Waals surface area contributed by atoms with Crippen molar-refractivity contribution in [3.63, 3.8) is 0 Å². The van der Waals surface area contributed by atoms with E-state index in [0.717, 1.165) is 30.0 Å². The third kappa shape index (κ3) is 3.28. The lowest BCUT2D eigenvalue weighted by molar-refractivity contribution is 0.0408. The second kappa shape index (κ2) is 7.43. The monoisotopic (exact) mass is 393 g/mol. The summed E-state index contributed by atoms with van der Waals surface area (Å²) >= 11 is 0. The molecule has 0 radical (unpaired) electrons. The Labute approximate surface area is 173 Å². The Morgan fingerprint density at radius 2 is 1.90 bits per heavy atom. The van der Waals surface area contributed by atoms with E-state index in [-0.39, 0.29) is 5.82 Å². The van der Waals surface area contributed by atoms with Crippen LogP contribution in [0.1, 0.15) is 61.6 Å². The van der Waals surface area contributed by atoms with Crippen LogP contribution in [0, 0.1) is 23.1 Å². The van der Waals surface area contributed by atoms with Gasteiger partial charge >= 0.3 is 0 Å². The van der Waals surface area contributed by atoms with Crippen LogP contribution in [-0.2, 0) is 13.0 Å². The average molecular weight is 394 g/mol. The number of halogens is 1. The number of aryl methyl sites for hydroxylation is 1. The lowest BCUT2D eigenvalue weighted by Crippen LogP contribution is -2.48. The van der Waals surface area contributed by atoms with E-state index in [0.29, 0.717) is 11.5 Å². The highest BCUT2D eigenvalue weighted by Gasteiger charge is 2.54. The molecule has 2 nitrogen and oxygen atoms in total. The Hall–Kier alpha value is -1.87. The summed E-state index contributed by atoms with van der Waals surface area (Å²) in [5.41, 5.74) is 4.66. The molecule has 0 unspecified atom stereocenters. The van der Waals surface area contributed by atoms with Crippen molar-refractivity contribution in [2.75, 3.05) is 7.11 Å². The molecule has 1 N–H and O–H groups in total. The maximum atomic E-state index is 13.2. The van der Waals surface area contributed by atoms with Crippen LogP contribution in [-0.4, -0.2) is 13.2 Å².